The molecule has 1 aromatic rings. The van der Waals surface area contributed by atoms with E-state index in [9.17, 15) is 4.79 Å². The van der Waals surface area contributed by atoms with Gasteiger partial charge in [0.05, 0.1) is 18.8 Å². The van der Waals surface area contributed by atoms with Crippen molar-refractivity contribution in [2.24, 2.45) is 0 Å². The summed E-state index contributed by atoms with van der Waals surface area (Å²) in [5, 5.41) is 0. The van der Waals surface area contributed by atoms with Gasteiger partial charge in [-0.05, 0) is 37.0 Å². The average Bonchev–Trinajstić information content (AvgIpc) is 2.53. The highest BCUT2D eigenvalue weighted by atomic mass is 16.5. The molecule has 2 fully saturated rings. The van der Waals surface area contributed by atoms with Gasteiger partial charge in [0.2, 0.25) is 5.91 Å². The number of hydrogen-bond acceptors (Lipinski definition) is 3. The molecule has 1 aliphatic heterocycles. The Balaban J connectivity index is 1.58. The van der Waals surface area contributed by atoms with Gasteiger partial charge >= 0.3 is 0 Å². The Morgan fingerprint density at radius 1 is 1.30 bits per heavy atom. The van der Waals surface area contributed by atoms with E-state index in [2.05, 4.69) is 9.88 Å². The minimum atomic E-state index is 0.280. The summed E-state index contributed by atoms with van der Waals surface area (Å²) in [6, 6.07) is 4.29. The van der Waals surface area contributed by atoms with Gasteiger partial charge in [0.15, 0.2) is 0 Å². The summed E-state index contributed by atoms with van der Waals surface area (Å²) in [5.74, 6) is 0.280. The first kappa shape index (κ1) is 13.6. The molecule has 0 aromatic carbocycles. The summed E-state index contributed by atoms with van der Waals surface area (Å²) in [6.07, 6.45) is 9.91. The molecule has 2 unspecified atom stereocenters. The third-order valence-electron chi connectivity index (χ3n) is 4.43. The number of carbonyl (C=O) groups excluding carboxylic acids is 1. The van der Waals surface area contributed by atoms with Crippen LogP contribution in [0.2, 0.25) is 0 Å². The van der Waals surface area contributed by atoms with Crippen molar-refractivity contribution in [1.29, 1.82) is 0 Å². The summed E-state index contributed by atoms with van der Waals surface area (Å²) in [7, 11) is 0. The van der Waals surface area contributed by atoms with E-state index in [-0.39, 0.29) is 12.0 Å². The van der Waals surface area contributed by atoms with E-state index in [0.29, 0.717) is 19.1 Å². The van der Waals surface area contributed by atoms with Crippen LogP contribution >= 0.6 is 0 Å². The molecule has 2 heterocycles. The van der Waals surface area contributed by atoms with Crippen molar-refractivity contribution in [3.8, 4) is 0 Å². The topological polar surface area (TPSA) is 42.4 Å². The zero-order valence-electron chi connectivity index (χ0n) is 11.8. The summed E-state index contributed by atoms with van der Waals surface area (Å²) >= 11 is 0. The van der Waals surface area contributed by atoms with Crippen LogP contribution < -0.4 is 0 Å². The number of morpholine rings is 1. The number of amides is 1. The lowest BCUT2D eigenvalue weighted by molar-refractivity contribution is -0.149. The van der Waals surface area contributed by atoms with E-state index >= 15 is 0 Å². The average molecular weight is 274 g/mol. The second-order valence-electron chi connectivity index (χ2n) is 5.70. The third-order valence-corrected chi connectivity index (χ3v) is 4.43. The van der Waals surface area contributed by atoms with Gasteiger partial charge in [0.25, 0.3) is 0 Å². The number of pyridine rings is 1. The lowest BCUT2D eigenvalue weighted by Gasteiger charge is -2.43. The van der Waals surface area contributed by atoms with Crippen LogP contribution in [0.4, 0.5) is 0 Å². The van der Waals surface area contributed by atoms with Crippen LogP contribution in [0.3, 0.4) is 0 Å². The molecule has 1 saturated heterocycles. The minimum Gasteiger partial charge on any atom is -0.374 e. The van der Waals surface area contributed by atoms with E-state index in [1.165, 1.54) is 18.4 Å². The van der Waals surface area contributed by atoms with Crippen molar-refractivity contribution >= 4 is 5.91 Å². The van der Waals surface area contributed by atoms with E-state index in [0.717, 1.165) is 25.8 Å². The van der Waals surface area contributed by atoms with Gasteiger partial charge in [-0.1, -0.05) is 12.8 Å². The van der Waals surface area contributed by atoms with Gasteiger partial charge in [0.1, 0.15) is 0 Å². The molecule has 2 aliphatic rings. The highest BCUT2D eigenvalue weighted by Gasteiger charge is 2.36. The normalized spacial score (nSPS) is 26.1. The molecule has 1 amide bonds. The first-order valence-corrected chi connectivity index (χ1v) is 7.64. The fourth-order valence-electron chi connectivity index (χ4n) is 3.35. The molecule has 2 atom stereocenters. The first-order chi connectivity index (χ1) is 9.84. The molecule has 0 bridgehead atoms. The van der Waals surface area contributed by atoms with Crippen molar-refractivity contribution in [3.63, 3.8) is 0 Å². The number of nitrogens with zero attached hydrogens (tertiary/aromatic N) is 2. The van der Waals surface area contributed by atoms with Gasteiger partial charge in [-0.3, -0.25) is 9.78 Å². The van der Waals surface area contributed by atoms with Crippen molar-refractivity contribution in [3.05, 3.63) is 30.1 Å². The largest absolute Gasteiger partial charge is 0.374 e. The van der Waals surface area contributed by atoms with Crippen LogP contribution in [0.5, 0.6) is 0 Å². The zero-order valence-corrected chi connectivity index (χ0v) is 11.8. The molecule has 108 valence electrons. The van der Waals surface area contributed by atoms with E-state index in [4.69, 9.17) is 4.74 Å². The van der Waals surface area contributed by atoms with Crippen LogP contribution in [0, 0.1) is 0 Å². The summed E-state index contributed by atoms with van der Waals surface area (Å²) in [5.41, 5.74) is 1.18. The van der Waals surface area contributed by atoms with E-state index in [1.807, 2.05) is 12.1 Å². The number of ether oxygens (including phenoxy) is 1. The molecule has 0 radical (unpaired) electrons. The minimum absolute atomic E-state index is 0.280. The van der Waals surface area contributed by atoms with E-state index in [1.54, 1.807) is 12.4 Å². The second-order valence-corrected chi connectivity index (χ2v) is 5.70. The van der Waals surface area contributed by atoms with Crippen molar-refractivity contribution < 1.29 is 9.53 Å². The molecule has 0 spiro atoms. The fourth-order valence-corrected chi connectivity index (χ4v) is 3.35. The molecule has 20 heavy (non-hydrogen) atoms. The molecule has 3 rings (SSSR count). The van der Waals surface area contributed by atoms with Crippen molar-refractivity contribution in [2.45, 2.75) is 50.7 Å². The highest BCUT2D eigenvalue weighted by molar-refractivity contribution is 5.77. The maximum Gasteiger partial charge on any atom is 0.223 e. The fraction of sp³-hybridized carbons (Fsp3) is 0.625. The maximum absolute atomic E-state index is 12.5. The van der Waals surface area contributed by atoms with Crippen LogP contribution in [0.15, 0.2) is 24.5 Å². The van der Waals surface area contributed by atoms with Crippen molar-refractivity contribution in [1.82, 2.24) is 9.88 Å². The molecular formula is C16H22N2O2. The highest BCUT2D eigenvalue weighted by Crippen LogP contribution is 2.28. The van der Waals surface area contributed by atoms with Gasteiger partial charge in [0, 0.05) is 25.4 Å². The van der Waals surface area contributed by atoms with Gasteiger partial charge < -0.3 is 9.64 Å². The quantitative estimate of drug-likeness (QED) is 0.848. The second kappa shape index (κ2) is 6.35. The van der Waals surface area contributed by atoms with Gasteiger partial charge in [-0.2, -0.15) is 0 Å². The van der Waals surface area contributed by atoms with E-state index < -0.39 is 0 Å². The number of aryl methyl sites for hydroxylation is 1. The standard InChI is InChI=1S/C16H22N2O2/c19-16(6-5-13-7-9-17-10-8-13)18-11-12-20-15-4-2-1-3-14(15)18/h7-10,14-15H,1-6,11-12H2. The Kier molecular flexibility index (Phi) is 4.31. The smallest absolute Gasteiger partial charge is 0.223 e. The lowest BCUT2D eigenvalue weighted by atomic mass is 9.90. The molecule has 1 aliphatic carbocycles. The number of hydrogen-bond donors (Lipinski definition) is 0. The van der Waals surface area contributed by atoms with Gasteiger partial charge in [-0.15, -0.1) is 0 Å². The Bertz CT molecular complexity index is 447. The summed E-state index contributed by atoms with van der Waals surface area (Å²) in [6.45, 7) is 1.46. The van der Waals surface area contributed by atoms with Crippen molar-refractivity contribution in [2.75, 3.05) is 13.2 Å². The van der Waals surface area contributed by atoms with Crippen LogP contribution in [-0.4, -0.2) is 41.1 Å². The zero-order chi connectivity index (χ0) is 13.8. The van der Waals surface area contributed by atoms with Gasteiger partial charge in [-0.25, -0.2) is 0 Å². The predicted molar refractivity (Wildman–Crippen MR) is 76.3 cm³/mol. The SMILES string of the molecule is O=C(CCc1ccncc1)N1CCOC2CCCCC21. The lowest BCUT2D eigenvalue weighted by Crippen LogP contribution is -2.54. The van der Waals surface area contributed by atoms with Crippen LogP contribution in [-0.2, 0) is 16.0 Å². The Hall–Kier alpha value is -1.42. The Morgan fingerprint density at radius 2 is 2.10 bits per heavy atom. The number of carbonyl (C=O) groups is 1. The molecule has 0 N–H and O–H groups in total. The van der Waals surface area contributed by atoms with Crippen LogP contribution in [0.25, 0.3) is 0 Å². The van der Waals surface area contributed by atoms with Crippen LogP contribution in [0.1, 0.15) is 37.7 Å². The Labute approximate surface area is 120 Å². The molecule has 4 heteroatoms. The monoisotopic (exact) mass is 274 g/mol. The predicted octanol–water partition coefficient (Wildman–Crippen LogP) is 2.18. The molecule has 4 nitrogen and oxygen atoms in total. The molecule has 1 aromatic heterocycles. The molecular weight excluding hydrogens is 252 g/mol. The number of aromatic nitrogens is 1. The number of fused-ring (bicyclic) bond motifs is 1. The summed E-state index contributed by atoms with van der Waals surface area (Å²) < 4.78 is 5.82. The number of rotatable bonds is 3. The molecule has 1 saturated carbocycles. The summed E-state index contributed by atoms with van der Waals surface area (Å²) in [4.78, 5) is 18.6. The Morgan fingerprint density at radius 3 is 2.95 bits per heavy atom. The maximum atomic E-state index is 12.5. The first-order valence-electron chi connectivity index (χ1n) is 7.64. The third kappa shape index (κ3) is 3.01.